The van der Waals surface area contributed by atoms with Gasteiger partial charge in [0.1, 0.15) is 11.2 Å². The predicted molar refractivity (Wildman–Crippen MR) is 211 cm³/mol. The van der Waals surface area contributed by atoms with Gasteiger partial charge in [-0.15, -0.1) is 11.3 Å². The molecule has 51 heavy (non-hydrogen) atoms. The highest BCUT2D eigenvalue weighted by Gasteiger charge is 2.21. The lowest BCUT2D eigenvalue weighted by atomic mass is 9.99. The van der Waals surface area contributed by atoms with Gasteiger partial charge >= 0.3 is 0 Å². The minimum atomic E-state index is -0.540. The Labute approximate surface area is 309 Å². The average molecular weight is 681 g/mol. The van der Waals surface area contributed by atoms with E-state index >= 15 is 0 Å². The largest absolute Gasteiger partial charge is 0.456 e. The van der Waals surface area contributed by atoms with Crippen molar-refractivity contribution in [3.05, 3.63) is 157 Å². The Morgan fingerprint density at radius 1 is 0.529 bits per heavy atom. The molecule has 6 heteroatoms. The number of hydrogen-bond donors (Lipinski definition) is 0. The lowest BCUT2D eigenvalue weighted by Crippen LogP contribution is -2.06. The van der Waals surface area contributed by atoms with Crippen LogP contribution in [0.3, 0.4) is 0 Å². The van der Waals surface area contributed by atoms with E-state index < -0.39 is 48.3 Å². The molecule has 0 radical (unpaired) electrons. The van der Waals surface area contributed by atoms with Crippen molar-refractivity contribution in [1.82, 2.24) is 19.5 Å². The molecule has 0 saturated heterocycles. The number of furan rings is 1. The van der Waals surface area contributed by atoms with Crippen molar-refractivity contribution in [3.8, 4) is 39.9 Å². The molecule has 4 heterocycles. The van der Waals surface area contributed by atoms with Gasteiger partial charge in [0, 0.05) is 52.8 Å². The molecule has 0 atom stereocenters. The summed E-state index contributed by atoms with van der Waals surface area (Å²) < 4.78 is 95.5. The Morgan fingerprint density at radius 3 is 2.10 bits per heavy atom. The van der Waals surface area contributed by atoms with Crippen molar-refractivity contribution in [1.29, 1.82) is 0 Å². The van der Waals surface area contributed by atoms with Crippen LogP contribution in [0, 0.1) is 0 Å². The third-order valence-corrected chi connectivity index (χ3v) is 10.5. The minimum Gasteiger partial charge on any atom is -0.456 e. The van der Waals surface area contributed by atoms with Crippen molar-refractivity contribution in [3.63, 3.8) is 0 Å². The number of para-hydroxylation sites is 1. The van der Waals surface area contributed by atoms with E-state index in [1.165, 1.54) is 0 Å². The van der Waals surface area contributed by atoms with Gasteiger partial charge in [-0.1, -0.05) is 121 Å². The highest BCUT2D eigenvalue weighted by atomic mass is 32.1. The Morgan fingerprint density at radius 2 is 1.25 bits per heavy atom. The van der Waals surface area contributed by atoms with Crippen molar-refractivity contribution in [2.75, 3.05) is 0 Å². The molecule has 0 spiro atoms. The fourth-order valence-corrected chi connectivity index (χ4v) is 8.33. The highest BCUT2D eigenvalue weighted by Crippen LogP contribution is 2.43. The smallest absolute Gasteiger partial charge is 0.238 e. The first-order valence-electron chi connectivity index (χ1n) is 21.1. The maximum Gasteiger partial charge on any atom is 0.238 e. The molecule has 238 valence electrons. The number of hydrogen-bond acceptors (Lipinski definition) is 5. The molecule has 0 aliphatic rings. The summed E-state index contributed by atoms with van der Waals surface area (Å²) in [6.07, 6.45) is 0. The first-order valence-corrected chi connectivity index (χ1v) is 16.9. The quantitative estimate of drug-likeness (QED) is 0.186. The summed E-state index contributed by atoms with van der Waals surface area (Å²) in [5.74, 6) is 0.166. The van der Waals surface area contributed by atoms with E-state index in [0.29, 0.717) is 33.1 Å². The number of rotatable bonds is 4. The summed E-state index contributed by atoms with van der Waals surface area (Å²) >= 11 is 1.69. The van der Waals surface area contributed by atoms with Crippen molar-refractivity contribution in [2.45, 2.75) is 0 Å². The Hall–Kier alpha value is -6.63. The predicted octanol–water partition coefficient (Wildman–Crippen LogP) is 12.2. The Kier molecular flexibility index (Phi) is 4.32. The lowest BCUT2D eigenvalue weighted by molar-refractivity contribution is 0.669. The Balaban J connectivity index is 1.18. The van der Waals surface area contributed by atoms with Crippen LogP contribution < -0.4 is 0 Å². The van der Waals surface area contributed by atoms with Gasteiger partial charge in [-0.25, -0.2) is 4.98 Å². The molecule has 0 aliphatic carbocycles. The van der Waals surface area contributed by atoms with E-state index in [-0.39, 0.29) is 40.8 Å². The highest BCUT2D eigenvalue weighted by molar-refractivity contribution is 7.26. The van der Waals surface area contributed by atoms with Gasteiger partial charge in [0.25, 0.3) is 0 Å². The summed E-state index contributed by atoms with van der Waals surface area (Å²) in [6.45, 7) is 0. The second-order valence-electron chi connectivity index (χ2n) is 12.1. The zero-order valence-electron chi connectivity index (χ0n) is 36.3. The summed E-state index contributed by atoms with van der Waals surface area (Å²) in [6, 6.07) is 26.1. The van der Waals surface area contributed by atoms with Crippen LogP contribution in [0.15, 0.2) is 162 Å². The fraction of sp³-hybridized carbons (Fsp3) is 0. The van der Waals surface area contributed by atoms with Crippen molar-refractivity contribution < 1.29 is 18.1 Å². The van der Waals surface area contributed by atoms with Crippen molar-refractivity contribution in [2.24, 2.45) is 0 Å². The number of nitrogens with zero attached hydrogens (tertiary/aromatic N) is 4. The van der Waals surface area contributed by atoms with E-state index in [9.17, 15) is 0 Å². The number of fused-ring (bicyclic) bond motifs is 10. The zero-order chi connectivity index (χ0) is 42.2. The number of aromatic nitrogens is 4. The van der Waals surface area contributed by atoms with Gasteiger partial charge < -0.3 is 4.42 Å². The first-order chi connectivity index (χ1) is 29.4. The molecule has 0 aliphatic heterocycles. The minimum absolute atomic E-state index is 0.0489. The van der Waals surface area contributed by atoms with Crippen molar-refractivity contribution >= 4 is 75.3 Å². The maximum atomic E-state index is 8.87. The summed E-state index contributed by atoms with van der Waals surface area (Å²) in [4.78, 5) is 14.7. The molecule has 5 nitrogen and oxygen atoms in total. The molecular formula is C45H26N4OS. The zero-order valence-corrected chi connectivity index (χ0v) is 27.2. The second-order valence-corrected chi connectivity index (χ2v) is 13.1. The molecule has 0 saturated carbocycles. The third kappa shape index (κ3) is 4.30. The number of benzene rings is 7. The van der Waals surface area contributed by atoms with Crippen LogP contribution in [-0.4, -0.2) is 19.5 Å². The van der Waals surface area contributed by atoms with Crippen LogP contribution >= 0.6 is 11.3 Å². The maximum absolute atomic E-state index is 8.87. The van der Waals surface area contributed by atoms with Crippen LogP contribution in [0.4, 0.5) is 0 Å². The fourth-order valence-electron chi connectivity index (χ4n) is 7.08. The topological polar surface area (TPSA) is 56.7 Å². The van der Waals surface area contributed by atoms with Gasteiger partial charge in [0.15, 0.2) is 11.6 Å². The molecule has 11 aromatic rings. The monoisotopic (exact) mass is 680 g/mol. The molecule has 0 unspecified atom stereocenters. The molecule has 0 fully saturated rings. The molecule has 11 rings (SSSR count). The van der Waals surface area contributed by atoms with Gasteiger partial charge in [-0.2, -0.15) is 9.97 Å². The van der Waals surface area contributed by atoms with Gasteiger partial charge in [0.2, 0.25) is 5.95 Å². The molecule has 0 N–H and O–H groups in total. The van der Waals surface area contributed by atoms with E-state index in [1.807, 2.05) is 47.0 Å². The molecular weight excluding hydrogens is 645 g/mol. The third-order valence-electron chi connectivity index (χ3n) is 9.25. The summed E-state index contributed by atoms with van der Waals surface area (Å²) in [7, 11) is 0. The van der Waals surface area contributed by atoms with Gasteiger partial charge in [0.05, 0.1) is 24.7 Å². The van der Waals surface area contributed by atoms with Crippen LogP contribution in [0.2, 0.25) is 0 Å². The average Bonchev–Trinajstić information content (AvgIpc) is 3.96. The first kappa shape index (κ1) is 20.1. The van der Waals surface area contributed by atoms with Crippen LogP contribution in [0.1, 0.15) is 13.7 Å². The SMILES string of the molecule is [2H]c1c([2H])c([2H])c(-c2nc(-c3ccc4c(c3)oc3cccc(-c5c([2H])c([2H])c([2H])c([2H])c5[2H])c34)nc(-n3c4ccccc4c4c5sc6ccccc6c5ccc43)n2)c([2H])c1[2H]. The van der Waals surface area contributed by atoms with Gasteiger partial charge in [-0.05, 0) is 47.5 Å². The van der Waals surface area contributed by atoms with Crippen LogP contribution in [0.25, 0.3) is 104 Å². The lowest BCUT2D eigenvalue weighted by Gasteiger charge is -2.11. The molecule has 4 aromatic heterocycles. The standard InChI is InChI=1S/C45H26N4OS/c1-3-12-27(13-4-1)30-18-11-20-37-40(30)34-23-22-29(26-38(34)50-37)44-46-43(28-14-5-2-6-15-28)47-45(48-44)49-35-19-9-7-17-33(35)41-36(49)25-24-32-31-16-8-10-21-39(31)51-42(32)41/h1-26H/i1D,2D,3D,4D,5D,6D,12D,13D,14D,15D. The molecule has 0 bridgehead atoms. The van der Waals surface area contributed by atoms with Gasteiger partial charge in [-0.3, -0.25) is 4.57 Å². The van der Waals surface area contributed by atoms with E-state index in [1.54, 1.807) is 47.7 Å². The number of thiophene rings is 1. The summed E-state index contributed by atoms with van der Waals surface area (Å²) in [5.41, 5.74) is 3.14. The van der Waals surface area contributed by atoms with Crippen LogP contribution in [0.5, 0.6) is 0 Å². The Bertz CT molecular complexity index is 3690. The van der Waals surface area contributed by atoms with E-state index in [4.69, 9.17) is 33.1 Å². The molecule has 0 amide bonds. The second kappa shape index (κ2) is 10.9. The van der Waals surface area contributed by atoms with E-state index in [0.717, 1.165) is 42.0 Å². The van der Waals surface area contributed by atoms with E-state index in [2.05, 4.69) is 18.2 Å². The summed E-state index contributed by atoms with van der Waals surface area (Å²) in [5, 5.41) is 5.38. The van der Waals surface area contributed by atoms with Crippen LogP contribution in [-0.2, 0) is 0 Å². The molecule has 7 aromatic carbocycles. The normalized spacial score (nSPS) is 14.7.